The molecule has 0 aliphatic heterocycles. The first-order chi connectivity index (χ1) is 16.1. The van der Waals surface area contributed by atoms with E-state index in [1.165, 1.54) is 31.4 Å². The van der Waals surface area contributed by atoms with E-state index in [4.69, 9.17) is 21.1 Å². The van der Waals surface area contributed by atoms with Crippen molar-refractivity contribution in [3.8, 4) is 28.4 Å². The van der Waals surface area contributed by atoms with Gasteiger partial charge in [-0.2, -0.15) is 0 Å². The average Bonchev–Trinajstić information content (AvgIpc) is 2.79. The van der Waals surface area contributed by atoms with E-state index in [9.17, 15) is 18.0 Å². The fourth-order valence-electron chi connectivity index (χ4n) is 3.59. The molecule has 3 aromatic carbocycles. The number of H-pyrrole nitrogens is 1. The number of aryl methyl sites for hydroxylation is 1. The second kappa shape index (κ2) is 9.30. The summed E-state index contributed by atoms with van der Waals surface area (Å²) in [5.41, 5.74) is 3.26. The quantitative estimate of drug-likeness (QED) is 0.329. The number of rotatable bonds is 6. The maximum atomic E-state index is 13.2. The van der Waals surface area contributed by atoms with Gasteiger partial charge in [0.05, 0.1) is 17.6 Å². The van der Waals surface area contributed by atoms with E-state index < -0.39 is 6.36 Å². The molecule has 0 aliphatic carbocycles. The number of aromatic amines is 1. The van der Waals surface area contributed by atoms with E-state index in [2.05, 4.69) is 9.72 Å². The number of alkyl halides is 3. The molecule has 0 saturated heterocycles. The van der Waals surface area contributed by atoms with Crippen molar-refractivity contribution < 1.29 is 27.4 Å². The molecule has 5 nitrogen and oxygen atoms in total. The highest BCUT2D eigenvalue weighted by atomic mass is 35.5. The zero-order valence-electron chi connectivity index (χ0n) is 18.1. The van der Waals surface area contributed by atoms with Crippen LogP contribution in [0, 0.1) is 6.92 Å². The third kappa shape index (κ3) is 5.12. The molecule has 0 bridgehead atoms. The van der Waals surface area contributed by atoms with Gasteiger partial charge in [0.1, 0.15) is 23.9 Å². The molecule has 0 fully saturated rings. The first kappa shape index (κ1) is 23.5. The number of benzene rings is 3. The summed E-state index contributed by atoms with van der Waals surface area (Å²) in [5, 5.41) is 0.803. The molecular weight excluding hydrogens is 471 g/mol. The number of fused-ring (bicyclic) bond motifs is 1. The van der Waals surface area contributed by atoms with E-state index >= 15 is 0 Å². The number of hydrogen-bond acceptors (Lipinski definition) is 4. The Morgan fingerprint density at radius 1 is 0.971 bits per heavy atom. The van der Waals surface area contributed by atoms with Gasteiger partial charge in [-0.05, 0) is 48.4 Å². The minimum Gasteiger partial charge on any atom is -0.495 e. The Labute approximate surface area is 197 Å². The topological polar surface area (TPSA) is 60.6 Å². The molecule has 0 spiro atoms. The highest BCUT2D eigenvalue weighted by Crippen LogP contribution is 2.30. The average molecular weight is 490 g/mol. The van der Waals surface area contributed by atoms with Crippen molar-refractivity contribution in [2.45, 2.75) is 19.9 Å². The van der Waals surface area contributed by atoms with E-state index in [1.807, 2.05) is 31.2 Å². The first-order valence-corrected chi connectivity index (χ1v) is 10.5. The summed E-state index contributed by atoms with van der Waals surface area (Å²) in [5.74, 6) is 0.552. The minimum absolute atomic E-state index is 0.152. The number of halogens is 4. The molecule has 1 aromatic heterocycles. The van der Waals surface area contributed by atoms with Gasteiger partial charge in [-0.15, -0.1) is 13.2 Å². The van der Waals surface area contributed by atoms with Crippen molar-refractivity contribution >= 4 is 22.5 Å². The predicted molar refractivity (Wildman–Crippen MR) is 124 cm³/mol. The fourth-order valence-corrected chi connectivity index (χ4v) is 3.83. The van der Waals surface area contributed by atoms with Gasteiger partial charge < -0.3 is 19.2 Å². The molecule has 4 rings (SSSR count). The van der Waals surface area contributed by atoms with Crippen LogP contribution in [0.1, 0.15) is 11.3 Å². The summed E-state index contributed by atoms with van der Waals surface area (Å²) >= 11 is 6.21. The van der Waals surface area contributed by atoms with Crippen LogP contribution in [-0.2, 0) is 6.61 Å². The zero-order valence-corrected chi connectivity index (χ0v) is 18.9. The second-order valence-corrected chi connectivity index (χ2v) is 7.90. The molecule has 176 valence electrons. The minimum atomic E-state index is -4.74. The summed E-state index contributed by atoms with van der Waals surface area (Å²) in [6, 6.07) is 15.7. The molecule has 1 heterocycles. The predicted octanol–water partition coefficient (Wildman–Crippen LogP) is 6.64. The Morgan fingerprint density at radius 3 is 2.24 bits per heavy atom. The van der Waals surface area contributed by atoms with Crippen molar-refractivity contribution in [2.24, 2.45) is 0 Å². The van der Waals surface area contributed by atoms with Gasteiger partial charge in [0.15, 0.2) is 5.43 Å². The van der Waals surface area contributed by atoms with Gasteiger partial charge >= 0.3 is 6.36 Å². The van der Waals surface area contributed by atoms with Crippen LogP contribution in [0.3, 0.4) is 0 Å². The van der Waals surface area contributed by atoms with Crippen LogP contribution in [0.25, 0.3) is 22.0 Å². The smallest absolute Gasteiger partial charge is 0.495 e. The van der Waals surface area contributed by atoms with Crippen molar-refractivity contribution in [1.82, 2.24) is 4.98 Å². The monoisotopic (exact) mass is 489 g/mol. The molecular formula is C25H19ClF3NO4. The molecule has 0 unspecified atom stereocenters. The Bertz CT molecular complexity index is 1380. The molecule has 0 saturated carbocycles. The summed E-state index contributed by atoms with van der Waals surface area (Å²) in [6.45, 7) is 2.02. The number of aromatic nitrogens is 1. The molecule has 0 amide bonds. The third-order valence-corrected chi connectivity index (χ3v) is 5.46. The van der Waals surface area contributed by atoms with E-state index in [0.717, 1.165) is 11.1 Å². The van der Waals surface area contributed by atoms with Crippen LogP contribution in [-0.4, -0.2) is 18.5 Å². The van der Waals surface area contributed by atoms with Gasteiger partial charge in [0.2, 0.25) is 0 Å². The lowest BCUT2D eigenvalue weighted by molar-refractivity contribution is -0.274. The fraction of sp³-hybridized carbons (Fsp3) is 0.160. The summed E-state index contributed by atoms with van der Waals surface area (Å²) in [6.07, 6.45) is -4.74. The Morgan fingerprint density at radius 2 is 1.62 bits per heavy atom. The van der Waals surface area contributed by atoms with E-state index in [-0.39, 0.29) is 17.8 Å². The van der Waals surface area contributed by atoms with Crippen LogP contribution in [0.4, 0.5) is 13.2 Å². The van der Waals surface area contributed by atoms with Crippen LogP contribution < -0.4 is 19.6 Å². The number of hydrogen-bond donors (Lipinski definition) is 1. The SMILES string of the molecule is COc1cc2[nH]c(C)c(-c3ccc(COc4ccc(OC(F)(F)F)cc4)cc3)c(=O)c2cc1Cl. The largest absolute Gasteiger partial charge is 0.573 e. The van der Waals surface area contributed by atoms with Crippen LogP contribution in [0.15, 0.2) is 65.5 Å². The summed E-state index contributed by atoms with van der Waals surface area (Å²) in [4.78, 5) is 16.4. The maximum Gasteiger partial charge on any atom is 0.573 e. The van der Waals surface area contributed by atoms with Crippen LogP contribution >= 0.6 is 11.6 Å². The summed E-state index contributed by atoms with van der Waals surface area (Å²) < 4.78 is 51.5. The van der Waals surface area contributed by atoms with Crippen LogP contribution in [0.5, 0.6) is 17.2 Å². The van der Waals surface area contributed by atoms with Crippen molar-refractivity contribution in [3.05, 3.63) is 87.2 Å². The molecule has 0 aliphatic rings. The van der Waals surface area contributed by atoms with Crippen molar-refractivity contribution in [1.29, 1.82) is 0 Å². The number of pyridine rings is 1. The molecule has 0 atom stereocenters. The molecule has 4 aromatic rings. The summed E-state index contributed by atoms with van der Waals surface area (Å²) in [7, 11) is 1.51. The Kier molecular flexibility index (Phi) is 6.43. The highest BCUT2D eigenvalue weighted by molar-refractivity contribution is 6.32. The Balaban J connectivity index is 1.52. The standard InChI is InChI=1S/C25H19ClF3NO4/c1-14-23(24(31)19-11-20(26)22(32-2)12-21(19)30-14)16-5-3-15(4-6-16)13-33-17-7-9-18(10-8-17)34-25(27,28)29/h3-12H,13H2,1-2H3,(H,30,31). The molecule has 9 heteroatoms. The zero-order chi connectivity index (χ0) is 24.5. The van der Waals surface area contributed by atoms with Crippen LogP contribution in [0.2, 0.25) is 5.02 Å². The van der Waals surface area contributed by atoms with Gasteiger partial charge in [0, 0.05) is 22.7 Å². The Hall–Kier alpha value is -3.65. The lowest BCUT2D eigenvalue weighted by atomic mass is 10.00. The van der Waals surface area contributed by atoms with E-state index in [0.29, 0.717) is 38.7 Å². The van der Waals surface area contributed by atoms with Crippen molar-refractivity contribution in [2.75, 3.05) is 7.11 Å². The highest BCUT2D eigenvalue weighted by Gasteiger charge is 2.31. The number of ether oxygens (including phenoxy) is 3. The molecule has 34 heavy (non-hydrogen) atoms. The lowest BCUT2D eigenvalue weighted by Crippen LogP contribution is -2.16. The second-order valence-electron chi connectivity index (χ2n) is 7.49. The van der Waals surface area contributed by atoms with Crippen molar-refractivity contribution in [3.63, 3.8) is 0 Å². The molecule has 1 N–H and O–H groups in total. The number of methoxy groups -OCH3 is 1. The van der Waals surface area contributed by atoms with Gasteiger partial charge in [-0.3, -0.25) is 4.79 Å². The van der Waals surface area contributed by atoms with E-state index in [1.54, 1.807) is 12.1 Å². The van der Waals surface area contributed by atoms with Gasteiger partial charge in [0.25, 0.3) is 0 Å². The van der Waals surface area contributed by atoms with Gasteiger partial charge in [-0.1, -0.05) is 35.9 Å². The lowest BCUT2D eigenvalue weighted by Gasteiger charge is -2.12. The first-order valence-electron chi connectivity index (χ1n) is 10.1. The maximum absolute atomic E-state index is 13.2. The normalized spacial score (nSPS) is 11.5. The molecule has 0 radical (unpaired) electrons. The number of nitrogens with one attached hydrogen (secondary N) is 1. The third-order valence-electron chi connectivity index (χ3n) is 5.17. The van der Waals surface area contributed by atoms with Gasteiger partial charge in [-0.25, -0.2) is 0 Å².